The van der Waals surface area contributed by atoms with Crippen LogP contribution in [-0.4, -0.2) is 12.1 Å². The Kier molecular flexibility index (Phi) is 2.35. The van der Waals surface area contributed by atoms with Crippen molar-refractivity contribution in [1.82, 2.24) is 5.43 Å². The summed E-state index contributed by atoms with van der Waals surface area (Å²) in [6.45, 7) is 1.86. The van der Waals surface area contributed by atoms with Gasteiger partial charge in [0.1, 0.15) is 11.5 Å². The maximum Gasteiger partial charge on any atom is 0.243 e. The normalized spacial score (nSPS) is 16.1. The molecular weight excluding hydrogens is 180 g/mol. The van der Waals surface area contributed by atoms with Crippen LogP contribution in [0.3, 0.4) is 0 Å². The first-order chi connectivity index (χ1) is 6.75. The SMILES string of the molecule is Cc1ccc(/C=N/NC(=O)C2CC2)o1. The quantitative estimate of drug-likeness (QED) is 0.582. The molecule has 1 saturated carbocycles. The summed E-state index contributed by atoms with van der Waals surface area (Å²) in [5, 5.41) is 3.80. The Morgan fingerprint density at radius 1 is 1.64 bits per heavy atom. The lowest BCUT2D eigenvalue weighted by atomic mass is 10.4. The van der Waals surface area contributed by atoms with Crippen molar-refractivity contribution in [3.8, 4) is 0 Å². The second kappa shape index (κ2) is 3.65. The van der Waals surface area contributed by atoms with Crippen LogP contribution in [-0.2, 0) is 4.79 Å². The molecule has 1 N–H and O–H groups in total. The summed E-state index contributed by atoms with van der Waals surface area (Å²) in [6, 6.07) is 3.66. The summed E-state index contributed by atoms with van der Waals surface area (Å²) in [5.74, 6) is 1.67. The van der Waals surface area contributed by atoms with Crippen molar-refractivity contribution < 1.29 is 9.21 Å². The van der Waals surface area contributed by atoms with Crippen molar-refractivity contribution in [2.75, 3.05) is 0 Å². The number of aryl methyl sites for hydroxylation is 1. The summed E-state index contributed by atoms with van der Waals surface area (Å²) in [7, 11) is 0. The fourth-order valence-corrected chi connectivity index (χ4v) is 1.12. The van der Waals surface area contributed by atoms with Crippen LogP contribution in [0.5, 0.6) is 0 Å². The summed E-state index contributed by atoms with van der Waals surface area (Å²) < 4.78 is 5.24. The van der Waals surface area contributed by atoms with E-state index in [2.05, 4.69) is 10.5 Å². The molecular formula is C10H12N2O2. The van der Waals surface area contributed by atoms with E-state index in [0.29, 0.717) is 5.76 Å². The van der Waals surface area contributed by atoms with Crippen LogP contribution in [0.2, 0.25) is 0 Å². The van der Waals surface area contributed by atoms with Crippen molar-refractivity contribution in [1.29, 1.82) is 0 Å². The maximum absolute atomic E-state index is 11.1. The van der Waals surface area contributed by atoms with Crippen molar-refractivity contribution in [2.24, 2.45) is 11.0 Å². The van der Waals surface area contributed by atoms with Gasteiger partial charge < -0.3 is 4.42 Å². The Morgan fingerprint density at radius 2 is 2.43 bits per heavy atom. The van der Waals surface area contributed by atoms with Gasteiger partial charge in [-0.1, -0.05) is 0 Å². The van der Waals surface area contributed by atoms with E-state index in [1.165, 1.54) is 6.21 Å². The molecule has 14 heavy (non-hydrogen) atoms. The van der Waals surface area contributed by atoms with E-state index in [1.807, 2.05) is 19.1 Å². The van der Waals surface area contributed by atoms with Crippen LogP contribution < -0.4 is 5.43 Å². The minimum absolute atomic E-state index is 0.00419. The molecule has 4 nitrogen and oxygen atoms in total. The zero-order valence-electron chi connectivity index (χ0n) is 7.99. The Bertz CT molecular complexity index is 364. The molecule has 1 aliphatic rings. The minimum Gasteiger partial charge on any atom is -0.460 e. The number of rotatable bonds is 3. The second-order valence-corrected chi connectivity index (χ2v) is 3.46. The maximum atomic E-state index is 11.1. The molecule has 2 rings (SSSR count). The summed E-state index contributed by atoms with van der Waals surface area (Å²) in [5.41, 5.74) is 2.47. The van der Waals surface area contributed by atoms with Crippen molar-refractivity contribution in [3.63, 3.8) is 0 Å². The van der Waals surface area contributed by atoms with Gasteiger partial charge in [-0.3, -0.25) is 4.79 Å². The minimum atomic E-state index is 0.00419. The monoisotopic (exact) mass is 192 g/mol. The molecule has 0 spiro atoms. The molecule has 4 heteroatoms. The molecule has 1 aromatic rings. The number of furan rings is 1. The molecule has 0 atom stereocenters. The first kappa shape index (κ1) is 8.99. The fourth-order valence-electron chi connectivity index (χ4n) is 1.12. The third kappa shape index (κ3) is 2.22. The first-order valence-electron chi connectivity index (χ1n) is 4.65. The van der Waals surface area contributed by atoms with Gasteiger partial charge in [-0.2, -0.15) is 5.10 Å². The average Bonchev–Trinajstić information content (AvgIpc) is 2.92. The van der Waals surface area contributed by atoms with Gasteiger partial charge >= 0.3 is 0 Å². The molecule has 1 aromatic heterocycles. The van der Waals surface area contributed by atoms with Crippen LogP contribution in [0.25, 0.3) is 0 Å². The van der Waals surface area contributed by atoms with Crippen LogP contribution in [0, 0.1) is 12.8 Å². The number of amides is 1. The Labute approximate surface area is 82.0 Å². The zero-order valence-corrected chi connectivity index (χ0v) is 7.99. The number of nitrogens with zero attached hydrogens (tertiary/aromatic N) is 1. The van der Waals surface area contributed by atoms with Gasteiger partial charge in [0, 0.05) is 5.92 Å². The largest absolute Gasteiger partial charge is 0.460 e. The van der Waals surface area contributed by atoms with E-state index < -0.39 is 0 Å². The molecule has 1 amide bonds. The van der Waals surface area contributed by atoms with Crippen molar-refractivity contribution in [3.05, 3.63) is 23.7 Å². The first-order valence-corrected chi connectivity index (χ1v) is 4.65. The standard InChI is InChI=1S/C10H12N2O2/c1-7-2-5-9(14-7)6-11-12-10(13)8-3-4-8/h2,5-6,8H,3-4H2,1H3,(H,12,13)/b11-6+. The number of nitrogens with one attached hydrogen (secondary N) is 1. The van der Waals surface area contributed by atoms with E-state index in [1.54, 1.807) is 0 Å². The molecule has 1 fully saturated rings. The predicted molar refractivity (Wildman–Crippen MR) is 51.9 cm³/mol. The van der Waals surface area contributed by atoms with E-state index in [4.69, 9.17) is 4.42 Å². The van der Waals surface area contributed by atoms with Crippen molar-refractivity contribution in [2.45, 2.75) is 19.8 Å². The summed E-state index contributed by atoms with van der Waals surface area (Å²) >= 11 is 0. The number of carbonyl (C=O) groups excluding carboxylic acids is 1. The smallest absolute Gasteiger partial charge is 0.243 e. The molecule has 0 radical (unpaired) electrons. The molecule has 0 saturated heterocycles. The Morgan fingerprint density at radius 3 is 3.00 bits per heavy atom. The van der Waals surface area contributed by atoms with Gasteiger partial charge in [0.15, 0.2) is 0 Å². The highest BCUT2D eigenvalue weighted by Gasteiger charge is 2.29. The van der Waals surface area contributed by atoms with Crippen LogP contribution in [0.1, 0.15) is 24.4 Å². The third-order valence-corrected chi connectivity index (χ3v) is 2.08. The third-order valence-electron chi connectivity index (χ3n) is 2.08. The Balaban J connectivity index is 1.84. The molecule has 0 unspecified atom stereocenters. The fraction of sp³-hybridized carbons (Fsp3) is 0.400. The van der Waals surface area contributed by atoms with E-state index in [-0.39, 0.29) is 11.8 Å². The molecule has 0 bridgehead atoms. The highest BCUT2D eigenvalue weighted by atomic mass is 16.3. The number of carbonyl (C=O) groups is 1. The average molecular weight is 192 g/mol. The van der Waals surface area contributed by atoms with Gasteiger partial charge in [0.2, 0.25) is 5.91 Å². The summed E-state index contributed by atoms with van der Waals surface area (Å²) in [6.07, 6.45) is 3.48. The van der Waals surface area contributed by atoms with Crippen LogP contribution in [0.4, 0.5) is 0 Å². The number of hydrazone groups is 1. The molecule has 1 aliphatic carbocycles. The molecule has 0 aliphatic heterocycles. The summed E-state index contributed by atoms with van der Waals surface area (Å²) in [4.78, 5) is 11.1. The van der Waals surface area contributed by atoms with Crippen LogP contribution >= 0.6 is 0 Å². The predicted octanol–water partition coefficient (Wildman–Crippen LogP) is 1.45. The van der Waals surface area contributed by atoms with Crippen LogP contribution in [0.15, 0.2) is 21.7 Å². The molecule has 1 heterocycles. The van der Waals surface area contributed by atoms with Gasteiger partial charge in [-0.05, 0) is 31.9 Å². The zero-order chi connectivity index (χ0) is 9.97. The van der Waals surface area contributed by atoms with Gasteiger partial charge in [0.25, 0.3) is 0 Å². The highest BCUT2D eigenvalue weighted by Crippen LogP contribution is 2.28. The molecule has 74 valence electrons. The lowest BCUT2D eigenvalue weighted by molar-refractivity contribution is -0.122. The number of hydrogen-bond acceptors (Lipinski definition) is 3. The lowest BCUT2D eigenvalue weighted by Gasteiger charge is -1.93. The van der Waals surface area contributed by atoms with Crippen molar-refractivity contribution >= 4 is 12.1 Å². The lowest BCUT2D eigenvalue weighted by Crippen LogP contribution is -2.18. The second-order valence-electron chi connectivity index (χ2n) is 3.46. The topological polar surface area (TPSA) is 54.6 Å². The van der Waals surface area contributed by atoms with E-state index in [0.717, 1.165) is 18.6 Å². The molecule has 0 aromatic carbocycles. The van der Waals surface area contributed by atoms with E-state index in [9.17, 15) is 4.79 Å². The van der Waals surface area contributed by atoms with Gasteiger partial charge in [-0.25, -0.2) is 5.43 Å². The van der Waals surface area contributed by atoms with E-state index >= 15 is 0 Å². The van der Waals surface area contributed by atoms with Gasteiger partial charge in [-0.15, -0.1) is 0 Å². The van der Waals surface area contributed by atoms with Gasteiger partial charge in [0.05, 0.1) is 6.21 Å². The highest BCUT2D eigenvalue weighted by molar-refractivity contribution is 5.83. The number of hydrogen-bond donors (Lipinski definition) is 1. The Hall–Kier alpha value is -1.58.